The molecule has 3 fully saturated rings. The molecule has 0 radical (unpaired) electrons. The maximum Gasteiger partial charge on any atom is 0.255 e. The van der Waals surface area contributed by atoms with Crippen molar-refractivity contribution in [2.24, 2.45) is 0 Å². The van der Waals surface area contributed by atoms with Gasteiger partial charge in [-0.2, -0.15) is 0 Å². The molecule has 0 spiro atoms. The van der Waals surface area contributed by atoms with E-state index in [-0.39, 0.29) is 23.9 Å². The minimum Gasteiger partial charge on any atom is -0.379 e. The number of morpholine rings is 1. The van der Waals surface area contributed by atoms with E-state index >= 15 is 0 Å². The number of amides is 2. The third-order valence-corrected chi connectivity index (χ3v) is 5.54. The molecule has 3 saturated heterocycles. The number of likely N-dealkylation sites (tertiary alicyclic amines) is 2. The number of ether oxygens (including phenoxy) is 1. The number of rotatable bonds is 4. The third-order valence-electron chi connectivity index (χ3n) is 5.54. The summed E-state index contributed by atoms with van der Waals surface area (Å²) in [6.07, 6.45) is 4.57. The molecule has 4 rings (SSSR count). The number of hydrogen-bond donors (Lipinski definition) is 0. The maximum atomic E-state index is 12.7. The Morgan fingerprint density at radius 1 is 1.20 bits per heavy atom. The minimum absolute atomic E-state index is 0.00453. The van der Waals surface area contributed by atoms with Crippen LogP contribution in [0.15, 0.2) is 24.5 Å². The zero-order valence-corrected chi connectivity index (χ0v) is 14.3. The van der Waals surface area contributed by atoms with Crippen LogP contribution >= 0.6 is 0 Å². The molecule has 4 heterocycles. The van der Waals surface area contributed by atoms with Gasteiger partial charge in [0.2, 0.25) is 5.91 Å². The molecular formula is C18H24N4O3. The van der Waals surface area contributed by atoms with Gasteiger partial charge in [0.15, 0.2) is 0 Å². The molecule has 1 aromatic rings. The van der Waals surface area contributed by atoms with Gasteiger partial charge in [-0.1, -0.05) is 0 Å². The molecule has 0 N–H and O–H groups in total. The van der Waals surface area contributed by atoms with Gasteiger partial charge in [-0.3, -0.25) is 19.5 Å². The predicted octanol–water partition coefficient (Wildman–Crippen LogP) is 0.229. The molecule has 0 bridgehead atoms. The van der Waals surface area contributed by atoms with Gasteiger partial charge >= 0.3 is 0 Å². The molecule has 25 heavy (non-hydrogen) atoms. The second-order valence-electron chi connectivity index (χ2n) is 6.91. The van der Waals surface area contributed by atoms with Crippen molar-refractivity contribution in [2.75, 3.05) is 45.9 Å². The fourth-order valence-corrected chi connectivity index (χ4v) is 4.20. The van der Waals surface area contributed by atoms with Gasteiger partial charge in [0.1, 0.15) is 0 Å². The summed E-state index contributed by atoms with van der Waals surface area (Å²) >= 11 is 0. The first-order valence-corrected chi connectivity index (χ1v) is 9.04. The monoisotopic (exact) mass is 344 g/mol. The molecule has 0 saturated carbocycles. The molecule has 3 aliphatic heterocycles. The van der Waals surface area contributed by atoms with Gasteiger partial charge in [-0.25, -0.2) is 0 Å². The molecule has 0 aliphatic carbocycles. The molecule has 3 aliphatic rings. The van der Waals surface area contributed by atoms with Crippen molar-refractivity contribution < 1.29 is 14.3 Å². The fraction of sp³-hybridized carbons (Fsp3) is 0.611. The standard InChI is InChI=1S/C18H24N4O3/c23-17-12-16-15(21(17)7-6-20-8-10-25-11-9-20)3-5-22(16)18(24)14-2-1-4-19-13-14/h1-2,4,13,15-16H,3,5-12H2/t15-,16+/m1/s1. The first-order valence-electron chi connectivity index (χ1n) is 9.04. The van der Waals surface area contributed by atoms with Crippen LogP contribution in [0.1, 0.15) is 23.2 Å². The lowest BCUT2D eigenvalue weighted by Crippen LogP contribution is -2.45. The van der Waals surface area contributed by atoms with Crippen molar-refractivity contribution in [2.45, 2.75) is 24.9 Å². The molecule has 0 aromatic carbocycles. The largest absolute Gasteiger partial charge is 0.379 e. The number of carbonyl (C=O) groups is 2. The van der Waals surface area contributed by atoms with Crippen LogP contribution in [0.5, 0.6) is 0 Å². The summed E-state index contributed by atoms with van der Waals surface area (Å²) in [5.41, 5.74) is 0.599. The Morgan fingerprint density at radius 3 is 2.80 bits per heavy atom. The SMILES string of the molecule is O=C1C[C@H]2[C@@H](CCN2C(=O)c2cccnc2)N1CCN1CCOCC1. The Bertz CT molecular complexity index is 632. The summed E-state index contributed by atoms with van der Waals surface area (Å²) in [4.78, 5) is 35.5. The number of carbonyl (C=O) groups excluding carboxylic acids is 2. The summed E-state index contributed by atoms with van der Waals surface area (Å²) in [6, 6.07) is 3.73. The van der Waals surface area contributed by atoms with E-state index in [1.807, 2.05) is 9.80 Å². The van der Waals surface area contributed by atoms with Crippen LogP contribution in [-0.2, 0) is 9.53 Å². The summed E-state index contributed by atoms with van der Waals surface area (Å²) in [5, 5.41) is 0. The molecule has 134 valence electrons. The van der Waals surface area contributed by atoms with Gasteiger partial charge in [0.25, 0.3) is 5.91 Å². The number of aromatic nitrogens is 1. The van der Waals surface area contributed by atoms with E-state index in [4.69, 9.17) is 4.74 Å². The maximum absolute atomic E-state index is 12.7. The normalized spacial score (nSPS) is 27.0. The Balaban J connectivity index is 1.39. The first kappa shape index (κ1) is 16.5. The van der Waals surface area contributed by atoms with E-state index < -0.39 is 0 Å². The van der Waals surface area contributed by atoms with E-state index in [9.17, 15) is 9.59 Å². The van der Waals surface area contributed by atoms with E-state index in [2.05, 4.69) is 9.88 Å². The van der Waals surface area contributed by atoms with Crippen molar-refractivity contribution in [1.82, 2.24) is 19.7 Å². The topological polar surface area (TPSA) is 66.0 Å². The smallest absolute Gasteiger partial charge is 0.255 e. The van der Waals surface area contributed by atoms with Crippen LogP contribution in [0.25, 0.3) is 0 Å². The summed E-state index contributed by atoms with van der Waals surface area (Å²) in [6.45, 7) is 5.75. The summed E-state index contributed by atoms with van der Waals surface area (Å²) < 4.78 is 5.37. The van der Waals surface area contributed by atoms with E-state index in [0.717, 1.165) is 45.8 Å². The van der Waals surface area contributed by atoms with Crippen molar-refractivity contribution in [1.29, 1.82) is 0 Å². The average Bonchev–Trinajstić information content (AvgIpc) is 3.19. The van der Waals surface area contributed by atoms with Crippen molar-refractivity contribution in [3.63, 3.8) is 0 Å². The lowest BCUT2D eigenvalue weighted by Gasteiger charge is -2.30. The highest BCUT2D eigenvalue weighted by Gasteiger charge is 2.48. The second kappa shape index (κ2) is 7.09. The molecule has 1 aromatic heterocycles. The predicted molar refractivity (Wildman–Crippen MR) is 91.1 cm³/mol. The Kier molecular flexibility index (Phi) is 4.67. The highest BCUT2D eigenvalue weighted by atomic mass is 16.5. The lowest BCUT2D eigenvalue weighted by molar-refractivity contribution is -0.129. The van der Waals surface area contributed by atoms with Gasteiger partial charge in [0.05, 0.1) is 30.9 Å². The van der Waals surface area contributed by atoms with Crippen LogP contribution in [0.4, 0.5) is 0 Å². The Labute approximate surface area is 147 Å². The highest BCUT2D eigenvalue weighted by Crippen LogP contribution is 2.33. The number of nitrogens with zero attached hydrogens (tertiary/aromatic N) is 4. The molecule has 0 unspecified atom stereocenters. The number of fused-ring (bicyclic) bond motifs is 1. The number of pyridine rings is 1. The van der Waals surface area contributed by atoms with Crippen LogP contribution in [-0.4, -0.2) is 89.5 Å². The van der Waals surface area contributed by atoms with Crippen molar-refractivity contribution in [3.8, 4) is 0 Å². The molecule has 2 atom stereocenters. The minimum atomic E-state index is -0.0107. The Hall–Kier alpha value is -1.99. The van der Waals surface area contributed by atoms with Crippen LogP contribution in [0.3, 0.4) is 0 Å². The molecular weight excluding hydrogens is 320 g/mol. The first-order chi connectivity index (χ1) is 12.2. The zero-order chi connectivity index (χ0) is 17.2. The average molecular weight is 344 g/mol. The summed E-state index contributed by atoms with van der Waals surface area (Å²) in [7, 11) is 0. The van der Waals surface area contributed by atoms with Crippen LogP contribution < -0.4 is 0 Å². The number of hydrogen-bond acceptors (Lipinski definition) is 5. The van der Waals surface area contributed by atoms with E-state index in [0.29, 0.717) is 18.5 Å². The molecule has 2 amide bonds. The van der Waals surface area contributed by atoms with Crippen molar-refractivity contribution in [3.05, 3.63) is 30.1 Å². The van der Waals surface area contributed by atoms with E-state index in [1.165, 1.54) is 0 Å². The van der Waals surface area contributed by atoms with Crippen molar-refractivity contribution >= 4 is 11.8 Å². The summed E-state index contributed by atoms with van der Waals surface area (Å²) in [5.74, 6) is 0.162. The van der Waals surface area contributed by atoms with Crippen LogP contribution in [0.2, 0.25) is 0 Å². The quantitative estimate of drug-likeness (QED) is 0.782. The van der Waals surface area contributed by atoms with E-state index in [1.54, 1.807) is 24.5 Å². The molecule has 7 heteroatoms. The lowest BCUT2D eigenvalue weighted by atomic mass is 10.1. The van der Waals surface area contributed by atoms with Gasteiger partial charge in [-0.15, -0.1) is 0 Å². The van der Waals surface area contributed by atoms with Gasteiger partial charge in [-0.05, 0) is 18.6 Å². The Morgan fingerprint density at radius 2 is 2.04 bits per heavy atom. The highest BCUT2D eigenvalue weighted by molar-refractivity contribution is 5.95. The molecule has 7 nitrogen and oxygen atoms in total. The van der Waals surface area contributed by atoms with Crippen LogP contribution in [0, 0.1) is 0 Å². The van der Waals surface area contributed by atoms with Gasteiger partial charge < -0.3 is 14.5 Å². The second-order valence-corrected chi connectivity index (χ2v) is 6.91. The van der Waals surface area contributed by atoms with Gasteiger partial charge in [0, 0.05) is 51.5 Å². The fourth-order valence-electron chi connectivity index (χ4n) is 4.20. The third kappa shape index (κ3) is 3.26. The zero-order valence-electron chi connectivity index (χ0n) is 14.3.